The number of carboxylic acids is 1. The Kier molecular flexibility index (Phi) is 6.41. The van der Waals surface area contributed by atoms with E-state index in [1.807, 2.05) is 17.0 Å². The third kappa shape index (κ3) is 4.61. The average Bonchev–Trinajstić information content (AvgIpc) is 2.60. The van der Waals surface area contributed by atoms with Crippen molar-refractivity contribution in [2.24, 2.45) is 10.2 Å². The molecule has 0 aromatic heterocycles. The fraction of sp³-hybridized carbons (Fsp3) is 0.235. The molecule has 0 spiro atoms. The van der Waals surface area contributed by atoms with Crippen molar-refractivity contribution in [2.75, 3.05) is 31.2 Å². The lowest BCUT2D eigenvalue weighted by Gasteiger charge is -2.22. The van der Waals surface area contributed by atoms with Crippen LogP contribution < -0.4 is 4.90 Å². The maximum Gasteiger partial charge on any atom is 0.337 e. The van der Waals surface area contributed by atoms with Crippen LogP contribution in [0.1, 0.15) is 10.4 Å². The number of aromatic carboxylic acids is 1. The number of nitrogens with zero attached hydrogens (tertiary/aromatic N) is 3. The van der Waals surface area contributed by atoms with Crippen LogP contribution in [0.2, 0.25) is 0 Å². The Labute approximate surface area is 139 Å². The van der Waals surface area contributed by atoms with Gasteiger partial charge in [0.25, 0.3) is 0 Å². The van der Waals surface area contributed by atoms with Crippen LogP contribution in [0.25, 0.3) is 0 Å². The van der Waals surface area contributed by atoms with Crippen LogP contribution in [0.5, 0.6) is 0 Å². The maximum atomic E-state index is 11.1. The summed E-state index contributed by atoms with van der Waals surface area (Å²) >= 11 is 0. The van der Waals surface area contributed by atoms with Gasteiger partial charge in [0.15, 0.2) is 0 Å². The summed E-state index contributed by atoms with van der Waals surface area (Å²) in [6, 6.07) is 13.5. The summed E-state index contributed by atoms with van der Waals surface area (Å²) < 4.78 is 0. The molecule has 0 bridgehead atoms. The molecule has 0 aliphatic rings. The van der Waals surface area contributed by atoms with Gasteiger partial charge in [-0.15, -0.1) is 5.11 Å². The topological polar surface area (TPSA) is 106 Å². The first-order valence-electron chi connectivity index (χ1n) is 7.46. The highest BCUT2D eigenvalue weighted by Crippen LogP contribution is 2.24. The Morgan fingerprint density at radius 3 is 2.12 bits per heavy atom. The van der Waals surface area contributed by atoms with Crippen LogP contribution >= 0.6 is 0 Å². The van der Waals surface area contributed by atoms with Crippen LogP contribution in [0.4, 0.5) is 17.1 Å². The molecule has 0 atom stereocenters. The summed E-state index contributed by atoms with van der Waals surface area (Å²) in [4.78, 5) is 13.0. The molecule has 0 amide bonds. The molecular formula is C17H19N3O4. The number of carbonyl (C=O) groups is 1. The van der Waals surface area contributed by atoms with Crippen LogP contribution in [-0.2, 0) is 0 Å². The second-order valence-corrected chi connectivity index (χ2v) is 4.97. The molecule has 24 heavy (non-hydrogen) atoms. The number of hydrogen-bond donors (Lipinski definition) is 3. The number of hydrogen-bond acceptors (Lipinski definition) is 6. The molecule has 0 saturated heterocycles. The number of rotatable bonds is 8. The van der Waals surface area contributed by atoms with Crippen molar-refractivity contribution in [1.29, 1.82) is 0 Å². The largest absolute Gasteiger partial charge is 0.478 e. The van der Waals surface area contributed by atoms with Gasteiger partial charge in [-0.1, -0.05) is 12.1 Å². The Balaban J connectivity index is 2.15. The van der Waals surface area contributed by atoms with Gasteiger partial charge >= 0.3 is 5.97 Å². The van der Waals surface area contributed by atoms with Gasteiger partial charge in [-0.05, 0) is 36.4 Å². The molecule has 0 aliphatic heterocycles. The standard InChI is InChI=1S/C17H19N3O4/c21-11-9-20(10-12-22)14-7-5-13(6-8-14)18-19-16-4-2-1-3-15(16)17(23)24/h1-8,21-22H,9-12H2,(H,23,24). The van der Waals surface area contributed by atoms with Gasteiger partial charge in [-0.2, -0.15) is 5.11 Å². The summed E-state index contributed by atoms with van der Waals surface area (Å²) in [5, 5.41) is 35.3. The Morgan fingerprint density at radius 1 is 0.917 bits per heavy atom. The van der Waals surface area contributed by atoms with Crippen molar-refractivity contribution in [3.63, 3.8) is 0 Å². The summed E-state index contributed by atoms with van der Waals surface area (Å²) in [5.41, 5.74) is 1.81. The van der Waals surface area contributed by atoms with E-state index in [4.69, 9.17) is 15.3 Å². The lowest BCUT2D eigenvalue weighted by Crippen LogP contribution is -2.29. The monoisotopic (exact) mass is 329 g/mol. The van der Waals surface area contributed by atoms with E-state index in [0.717, 1.165) is 5.69 Å². The summed E-state index contributed by atoms with van der Waals surface area (Å²) in [7, 11) is 0. The number of benzene rings is 2. The highest BCUT2D eigenvalue weighted by molar-refractivity contribution is 5.93. The van der Waals surface area contributed by atoms with Gasteiger partial charge in [-0.3, -0.25) is 0 Å². The smallest absolute Gasteiger partial charge is 0.337 e. The number of aliphatic hydroxyl groups excluding tert-OH is 2. The van der Waals surface area contributed by atoms with Gasteiger partial charge in [0.1, 0.15) is 5.69 Å². The predicted molar refractivity (Wildman–Crippen MR) is 90.4 cm³/mol. The van der Waals surface area contributed by atoms with Crippen molar-refractivity contribution < 1.29 is 20.1 Å². The van der Waals surface area contributed by atoms with Crippen molar-refractivity contribution in [2.45, 2.75) is 0 Å². The zero-order valence-corrected chi connectivity index (χ0v) is 13.0. The van der Waals surface area contributed by atoms with E-state index in [2.05, 4.69) is 10.2 Å². The third-order valence-electron chi connectivity index (χ3n) is 3.36. The predicted octanol–water partition coefficient (Wildman–Crippen LogP) is 2.59. The molecule has 126 valence electrons. The van der Waals surface area contributed by atoms with Gasteiger partial charge in [0.2, 0.25) is 0 Å². The van der Waals surface area contributed by atoms with E-state index in [1.165, 1.54) is 6.07 Å². The molecule has 7 nitrogen and oxygen atoms in total. The molecule has 0 aliphatic carbocycles. The molecule has 0 unspecified atom stereocenters. The zero-order chi connectivity index (χ0) is 17.4. The summed E-state index contributed by atoms with van der Waals surface area (Å²) in [5.74, 6) is -1.05. The third-order valence-corrected chi connectivity index (χ3v) is 3.36. The normalized spacial score (nSPS) is 10.9. The van der Waals surface area contributed by atoms with Gasteiger partial charge in [0, 0.05) is 18.8 Å². The summed E-state index contributed by atoms with van der Waals surface area (Å²) in [6.07, 6.45) is 0. The highest BCUT2D eigenvalue weighted by atomic mass is 16.4. The first kappa shape index (κ1) is 17.6. The Hall–Kier alpha value is -2.77. The van der Waals surface area contributed by atoms with Gasteiger partial charge in [0.05, 0.1) is 24.5 Å². The zero-order valence-electron chi connectivity index (χ0n) is 13.0. The van der Waals surface area contributed by atoms with E-state index in [1.54, 1.807) is 30.3 Å². The first-order valence-corrected chi connectivity index (χ1v) is 7.46. The van der Waals surface area contributed by atoms with Gasteiger partial charge in [-0.25, -0.2) is 4.79 Å². The average molecular weight is 329 g/mol. The number of azo groups is 1. The Bertz CT molecular complexity index is 695. The molecule has 0 heterocycles. The number of aliphatic hydroxyl groups is 2. The maximum absolute atomic E-state index is 11.1. The minimum absolute atomic E-state index is 0.00652. The molecule has 0 fully saturated rings. The van der Waals surface area contributed by atoms with Crippen LogP contribution in [-0.4, -0.2) is 47.6 Å². The fourth-order valence-electron chi connectivity index (χ4n) is 2.19. The van der Waals surface area contributed by atoms with E-state index in [9.17, 15) is 4.79 Å². The van der Waals surface area contributed by atoms with Crippen molar-refractivity contribution in [3.8, 4) is 0 Å². The van der Waals surface area contributed by atoms with Gasteiger partial charge < -0.3 is 20.2 Å². The molecule has 0 radical (unpaired) electrons. The van der Waals surface area contributed by atoms with Crippen LogP contribution in [0.15, 0.2) is 58.8 Å². The lowest BCUT2D eigenvalue weighted by atomic mass is 10.2. The quantitative estimate of drug-likeness (QED) is 0.646. The minimum Gasteiger partial charge on any atom is -0.478 e. The molecular weight excluding hydrogens is 310 g/mol. The molecule has 2 aromatic carbocycles. The van der Waals surface area contributed by atoms with E-state index in [-0.39, 0.29) is 24.5 Å². The molecule has 7 heteroatoms. The molecule has 3 N–H and O–H groups in total. The lowest BCUT2D eigenvalue weighted by molar-refractivity contribution is 0.0697. The van der Waals surface area contributed by atoms with Crippen LogP contribution in [0.3, 0.4) is 0 Å². The summed E-state index contributed by atoms with van der Waals surface area (Å²) in [6.45, 7) is 0.835. The Morgan fingerprint density at radius 2 is 1.54 bits per heavy atom. The first-order chi connectivity index (χ1) is 11.7. The van der Waals surface area contributed by atoms with Crippen molar-refractivity contribution >= 4 is 23.0 Å². The van der Waals surface area contributed by atoms with E-state index < -0.39 is 5.97 Å². The second-order valence-electron chi connectivity index (χ2n) is 4.97. The second kappa shape index (κ2) is 8.76. The highest BCUT2D eigenvalue weighted by Gasteiger charge is 2.08. The number of anilines is 1. The SMILES string of the molecule is O=C(O)c1ccccc1N=Nc1ccc(N(CCO)CCO)cc1. The van der Waals surface area contributed by atoms with Crippen molar-refractivity contribution in [1.82, 2.24) is 0 Å². The molecule has 0 saturated carbocycles. The molecule has 2 rings (SSSR count). The van der Waals surface area contributed by atoms with E-state index >= 15 is 0 Å². The fourth-order valence-corrected chi connectivity index (χ4v) is 2.19. The van der Waals surface area contributed by atoms with E-state index in [0.29, 0.717) is 18.8 Å². The van der Waals surface area contributed by atoms with Crippen LogP contribution in [0, 0.1) is 0 Å². The minimum atomic E-state index is -1.05. The number of carboxylic acid groups (broad SMARTS) is 1. The molecule has 2 aromatic rings. The van der Waals surface area contributed by atoms with Crippen molar-refractivity contribution in [3.05, 3.63) is 54.1 Å².